The smallest absolute Gasteiger partial charge is 0.325 e. The van der Waals surface area contributed by atoms with Crippen LogP contribution in [0.1, 0.15) is 18.1 Å². The largest absolute Gasteiger partial charge is 0.465 e. The van der Waals surface area contributed by atoms with Gasteiger partial charge in [-0.1, -0.05) is 12.1 Å². The van der Waals surface area contributed by atoms with Crippen molar-refractivity contribution in [2.75, 3.05) is 45.3 Å². The van der Waals surface area contributed by atoms with Crippen LogP contribution < -0.4 is 10.6 Å². The number of aryl methyl sites for hydroxylation is 1. The zero-order chi connectivity index (χ0) is 19.5. The summed E-state index contributed by atoms with van der Waals surface area (Å²) in [5.74, 6) is -0.954. The fourth-order valence-corrected chi connectivity index (χ4v) is 2.23. The Hall–Kier alpha value is -2.45. The molecule has 8 nitrogen and oxygen atoms in total. The van der Waals surface area contributed by atoms with E-state index in [0.717, 1.165) is 11.1 Å². The average molecular weight is 365 g/mol. The standard InChI is InChI=1S/C18H27N3O5/c1-5-26-17(23)12-21(9-10-25-4)11-16(22)20-18(24)19-15-8-6-7-13(2)14(15)3/h6-8H,5,9-12H2,1-4H3,(H2,19,20,22,24). The highest BCUT2D eigenvalue weighted by atomic mass is 16.5. The summed E-state index contributed by atoms with van der Waals surface area (Å²) in [6.07, 6.45) is 0. The Balaban J connectivity index is 2.58. The zero-order valence-electron chi connectivity index (χ0n) is 15.8. The number of amides is 3. The molecule has 26 heavy (non-hydrogen) atoms. The van der Waals surface area contributed by atoms with Crippen LogP contribution in [-0.4, -0.2) is 62.8 Å². The molecule has 3 amide bonds. The van der Waals surface area contributed by atoms with Crippen molar-refractivity contribution in [3.05, 3.63) is 29.3 Å². The van der Waals surface area contributed by atoms with Gasteiger partial charge in [0.15, 0.2) is 0 Å². The number of carbonyl (C=O) groups excluding carboxylic acids is 3. The molecular formula is C18H27N3O5. The monoisotopic (exact) mass is 365 g/mol. The van der Waals surface area contributed by atoms with E-state index in [-0.39, 0.29) is 19.7 Å². The summed E-state index contributed by atoms with van der Waals surface area (Å²) in [5.41, 5.74) is 2.60. The van der Waals surface area contributed by atoms with Crippen LogP contribution in [0, 0.1) is 13.8 Å². The predicted octanol–water partition coefficient (Wildman–Crippen LogP) is 1.46. The number of hydrogen-bond donors (Lipinski definition) is 2. The number of urea groups is 1. The van der Waals surface area contributed by atoms with Crippen LogP contribution in [0.4, 0.5) is 10.5 Å². The first-order chi connectivity index (χ1) is 12.4. The second kappa shape index (κ2) is 11.2. The molecule has 0 unspecified atom stereocenters. The van der Waals surface area contributed by atoms with Crippen molar-refractivity contribution < 1.29 is 23.9 Å². The minimum Gasteiger partial charge on any atom is -0.465 e. The van der Waals surface area contributed by atoms with E-state index < -0.39 is 17.9 Å². The number of methoxy groups -OCH3 is 1. The number of ether oxygens (including phenoxy) is 2. The first kappa shape index (κ1) is 21.6. The maximum atomic E-state index is 12.1. The molecule has 0 atom stereocenters. The molecule has 0 aromatic heterocycles. The van der Waals surface area contributed by atoms with Crippen molar-refractivity contribution in [2.24, 2.45) is 0 Å². The van der Waals surface area contributed by atoms with Crippen molar-refractivity contribution in [3.8, 4) is 0 Å². The minimum absolute atomic E-state index is 0.0524. The van der Waals surface area contributed by atoms with Gasteiger partial charge < -0.3 is 14.8 Å². The quantitative estimate of drug-likeness (QED) is 0.643. The van der Waals surface area contributed by atoms with Gasteiger partial charge in [-0.2, -0.15) is 0 Å². The summed E-state index contributed by atoms with van der Waals surface area (Å²) in [4.78, 5) is 37.3. The van der Waals surface area contributed by atoms with Crippen molar-refractivity contribution >= 4 is 23.6 Å². The molecule has 0 bridgehead atoms. The highest BCUT2D eigenvalue weighted by molar-refractivity contribution is 6.02. The third kappa shape index (κ3) is 7.62. The molecule has 1 aromatic rings. The molecule has 0 saturated carbocycles. The lowest BCUT2D eigenvalue weighted by Gasteiger charge is -2.20. The summed E-state index contributed by atoms with van der Waals surface area (Å²) in [6, 6.07) is 4.91. The van der Waals surface area contributed by atoms with Crippen molar-refractivity contribution in [2.45, 2.75) is 20.8 Å². The van der Waals surface area contributed by atoms with Crippen molar-refractivity contribution in [1.29, 1.82) is 0 Å². The van der Waals surface area contributed by atoms with Gasteiger partial charge in [0.05, 0.1) is 26.3 Å². The third-order valence-corrected chi connectivity index (χ3v) is 3.74. The number of nitrogens with one attached hydrogen (secondary N) is 2. The van der Waals surface area contributed by atoms with Crippen LogP contribution in [0.25, 0.3) is 0 Å². The fraction of sp³-hybridized carbons (Fsp3) is 0.500. The molecule has 0 radical (unpaired) electrons. The summed E-state index contributed by atoms with van der Waals surface area (Å²) >= 11 is 0. The predicted molar refractivity (Wildman–Crippen MR) is 98.0 cm³/mol. The molecule has 0 heterocycles. The van der Waals surface area contributed by atoms with Gasteiger partial charge in [-0.05, 0) is 38.0 Å². The number of rotatable bonds is 9. The van der Waals surface area contributed by atoms with Gasteiger partial charge in [-0.25, -0.2) is 4.79 Å². The maximum absolute atomic E-state index is 12.1. The molecule has 1 aromatic carbocycles. The van der Waals surface area contributed by atoms with E-state index in [4.69, 9.17) is 9.47 Å². The molecule has 1 rings (SSSR count). The molecule has 8 heteroatoms. The van der Waals surface area contributed by atoms with Crippen LogP contribution in [0.3, 0.4) is 0 Å². The Morgan fingerprint density at radius 3 is 2.54 bits per heavy atom. The highest BCUT2D eigenvalue weighted by Crippen LogP contribution is 2.17. The second-order valence-corrected chi connectivity index (χ2v) is 5.76. The van der Waals surface area contributed by atoms with Gasteiger partial charge >= 0.3 is 12.0 Å². The Kier molecular flexibility index (Phi) is 9.32. The lowest BCUT2D eigenvalue weighted by molar-refractivity contribution is -0.144. The van der Waals surface area contributed by atoms with Gasteiger partial charge in [0.2, 0.25) is 5.91 Å². The fourth-order valence-electron chi connectivity index (χ4n) is 2.23. The Bertz CT molecular complexity index is 633. The van der Waals surface area contributed by atoms with Crippen molar-refractivity contribution in [3.63, 3.8) is 0 Å². The van der Waals surface area contributed by atoms with E-state index in [1.54, 1.807) is 17.9 Å². The molecule has 0 fully saturated rings. The van der Waals surface area contributed by atoms with E-state index in [1.807, 2.05) is 26.0 Å². The number of anilines is 1. The number of hydrogen-bond acceptors (Lipinski definition) is 6. The zero-order valence-corrected chi connectivity index (χ0v) is 15.8. The van der Waals surface area contributed by atoms with E-state index in [0.29, 0.717) is 18.8 Å². The normalized spacial score (nSPS) is 10.5. The molecule has 0 aliphatic rings. The van der Waals surface area contributed by atoms with Gasteiger partial charge in [0.1, 0.15) is 0 Å². The van der Waals surface area contributed by atoms with Gasteiger partial charge in [0, 0.05) is 19.3 Å². The van der Waals surface area contributed by atoms with E-state index in [1.165, 1.54) is 7.11 Å². The van der Waals surface area contributed by atoms with Gasteiger partial charge in [0.25, 0.3) is 0 Å². The number of imide groups is 1. The lowest BCUT2D eigenvalue weighted by Crippen LogP contribution is -2.44. The van der Waals surface area contributed by atoms with E-state index >= 15 is 0 Å². The lowest BCUT2D eigenvalue weighted by atomic mass is 10.1. The SMILES string of the molecule is CCOC(=O)CN(CCOC)CC(=O)NC(=O)Nc1cccc(C)c1C. The first-order valence-corrected chi connectivity index (χ1v) is 8.41. The topological polar surface area (TPSA) is 97.0 Å². The van der Waals surface area contributed by atoms with Crippen LogP contribution in [-0.2, 0) is 19.1 Å². The Labute approximate surface area is 153 Å². The van der Waals surface area contributed by atoms with E-state index in [2.05, 4.69) is 10.6 Å². The van der Waals surface area contributed by atoms with Gasteiger partial charge in [-0.15, -0.1) is 0 Å². The second-order valence-electron chi connectivity index (χ2n) is 5.76. The molecule has 0 saturated heterocycles. The molecule has 0 spiro atoms. The Morgan fingerprint density at radius 2 is 1.88 bits per heavy atom. The minimum atomic E-state index is -0.619. The van der Waals surface area contributed by atoms with Crippen LogP contribution in [0.5, 0.6) is 0 Å². The van der Waals surface area contributed by atoms with Gasteiger partial charge in [-0.3, -0.25) is 19.8 Å². The summed E-state index contributed by atoms with van der Waals surface area (Å²) in [6.45, 7) is 6.34. The molecule has 144 valence electrons. The van der Waals surface area contributed by atoms with Crippen LogP contribution >= 0.6 is 0 Å². The first-order valence-electron chi connectivity index (χ1n) is 8.41. The van der Waals surface area contributed by atoms with Crippen LogP contribution in [0.2, 0.25) is 0 Å². The maximum Gasteiger partial charge on any atom is 0.325 e. The third-order valence-electron chi connectivity index (χ3n) is 3.74. The molecule has 0 aliphatic heterocycles. The average Bonchev–Trinajstić information content (AvgIpc) is 2.56. The Morgan fingerprint density at radius 1 is 1.15 bits per heavy atom. The number of esters is 1. The molecular weight excluding hydrogens is 338 g/mol. The van der Waals surface area contributed by atoms with E-state index in [9.17, 15) is 14.4 Å². The highest BCUT2D eigenvalue weighted by Gasteiger charge is 2.17. The molecule has 2 N–H and O–H groups in total. The summed E-state index contributed by atoms with van der Waals surface area (Å²) in [7, 11) is 1.53. The molecule has 0 aliphatic carbocycles. The van der Waals surface area contributed by atoms with Crippen molar-refractivity contribution in [1.82, 2.24) is 10.2 Å². The van der Waals surface area contributed by atoms with Crippen LogP contribution in [0.15, 0.2) is 18.2 Å². The number of nitrogens with zero attached hydrogens (tertiary/aromatic N) is 1. The summed E-state index contributed by atoms with van der Waals surface area (Å²) < 4.78 is 9.86. The number of benzene rings is 1. The number of carbonyl (C=O) groups is 3. The summed E-state index contributed by atoms with van der Waals surface area (Å²) in [5, 5.41) is 4.92.